The third-order valence-electron chi connectivity index (χ3n) is 4.32. The predicted octanol–water partition coefficient (Wildman–Crippen LogP) is 3.87. The van der Waals surface area contributed by atoms with Crippen molar-refractivity contribution < 1.29 is 26.9 Å². The Balaban J connectivity index is 1.73. The minimum absolute atomic E-state index is 0.0792. The van der Waals surface area contributed by atoms with E-state index in [1.54, 1.807) is 32.9 Å². The van der Waals surface area contributed by atoms with E-state index in [0.29, 0.717) is 16.1 Å². The van der Waals surface area contributed by atoms with Crippen LogP contribution in [0.3, 0.4) is 0 Å². The van der Waals surface area contributed by atoms with E-state index in [2.05, 4.69) is 15.0 Å². The number of carbonyl (C=O) groups excluding carboxylic acids is 2. The zero-order valence-electron chi connectivity index (χ0n) is 17.3. The van der Waals surface area contributed by atoms with Crippen molar-refractivity contribution in [1.82, 2.24) is 4.98 Å². The fourth-order valence-electron chi connectivity index (χ4n) is 2.71. The number of amides is 1. The Morgan fingerprint density at radius 2 is 1.71 bits per heavy atom. The van der Waals surface area contributed by atoms with Crippen molar-refractivity contribution in [3.63, 3.8) is 0 Å². The average molecular weight is 461 g/mol. The maximum Gasteiger partial charge on any atom is 0.350 e. The monoisotopic (exact) mass is 460 g/mol. The number of methoxy groups -OCH3 is 1. The lowest BCUT2D eigenvalue weighted by Crippen LogP contribution is -2.13. The van der Waals surface area contributed by atoms with Gasteiger partial charge in [0.25, 0.3) is 5.91 Å². The molecule has 3 aromatic rings. The van der Waals surface area contributed by atoms with Crippen molar-refractivity contribution in [1.29, 1.82) is 0 Å². The van der Waals surface area contributed by atoms with E-state index < -0.39 is 22.0 Å². The molecule has 0 fully saturated rings. The van der Waals surface area contributed by atoms with Gasteiger partial charge in [0, 0.05) is 5.56 Å². The Bertz CT molecular complexity index is 1250. The fourth-order valence-corrected chi connectivity index (χ4v) is 4.84. The SMILES string of the molecule is COC(=O)c1sc(NC(=O)c2ccc(OS(=O)(=O)c3cc(C)ccc3C)cc2)nc1C. The minimum atomic E-state index is -4.01. The van der Waals surface area contributed by atoms with Crippen LogP contribution in [0.2, 0.25) is 0 Å². The molecule has 10 heteroatoms. The Morgan fingerprint density at radius 3 is 2.35 bits per heavy atom. The second-order valence-electron chi connectivity index (χ2n) is 6.71. The number of carbonyl (C=O) groups is 2. The maximum absolute atomic E-state index is 12.6. The summed E-state index contributed by atoms with van der Waals surface area (Å²) >= 11 is 1.00. The van der Waals surface area contributed by atoms with Crippen LogP contribution in [0, 0.1) is 20.8 Å². The molecule has 8 nitrogen and oxygen atoms in total. The van der Waals surface area contributed by atoms with Crippen molar-refractivity contribution in [2.45, 2.75) is 25.7 Å². The Kier molecular flexibility index (Phi) is 6.42. The summed E-state index contributed by atoms with van der Waals surface area (Å²) in [6.07, 6.45) is 0. The molecule has 0 aliphatic heterocycles. The molecule has 3 rings (SSSR count). The number of rotatable bonds is 6. The second-order valence-corrected chi connectivity index (χ2v) is 9.22. The molecular formula is C21H20N2O6S2. The molecule has 0 aliphatic rings. The van der Waals surface area contributed by atoms with Gasteiger partial charge in [-0.2, -0.15) is 8.42 Å². The van der Waals surface area contributed by atoms with Crippen LogP contribution >= 0.6 is 11.3 Å². The number of aromatic nitrogens is 1. The molecule has 0 bridgehead atoms. The zero-order valence-corrected chi connectivity index (χ0v) is 18.9. The molecule has 0 saturated carbocycles. The van der Waals surface area contributed by atoms with E-state index in [0.717, 1.165) is 16.9 Å². The number of aryl methyl sites for hydroxylation is 3. The summed E-state index contributed by atoms with van der Waals surface area (Å²) in [6, 6.07) is 10.7. The first-order valence-corrected chi connectivity index (χ1v) is 11.3. The first-order chi connectivity index (χ1) is 14.6. The molecule has 162 valence electrons. The van der Waals surface area contributed by atoms with Crippen molar-refractivity contribution >= 4 is 38.5 Å². The standard InChI is InChI=1S/C21H20N2O6S2/c1-12-5-6-13(2)17(11-12)31(26,27)29-16-9-7-15(8-10-16)19(24)23-21-22-14(3)18(30-21)20(25)28-4/h5-11H,1-4H3,(H,22,23,24). The highest BCUT2D eigenvalue weighted by Gasteiger charge is 2.20. The molecule has 1 heterocycles. The summed E-state index contributed by atoms with van der Waals surface area (Å²) in [5.41, 5.74) is 2.09. The highest BCUT2D eigenvalue weighted by Crippen LogP contribution is 2.25. The number of ether oxygens (including phenoxy) is 1. The van der Waals surface area contributed by atoms with E-state index in [1.807, 2.05) is 6.07 Å². The van der Waals surface area contributed by atoms with E-state index in [1.165, 1.54) is 31.4 Å². The molecule has 1 aromatic heterocycles. The molecule has 1 amide bonds. The molecule has 0 aliphatic carbocycles. The predicted molar refractivity (Wildman–Crippen MR) is 116 cm³/mol. The maximum atomic E-state index is 12.6. The number of benzene rings is 2. The summed E-state index contributed by atoms with van der Waals surface area (Å²) < 4.78 is 35.1. The van der Waals surface area contributed by atoms with Gasteiger partial charge in [-0.1, -0.05) is 23.5 Å². The van der Waals surface area contributed by atoms with Gasteiger partial charge in [0.1, 0.15) is 15.5 Å². The first-order valence-electron chi connectivity index (χ1n) is 9.09. The lowest BCUT2D eigenvalue weighted by molar-refractivity contribution is 0.0605. The molecule has 0 atom stereocenters. The van der Waals surface area contributed by atoms with Crippen LogP contribution in [-0.2, 0) is 14.9 Å². The Hall–Kier alpha value is -3.24. The van der Waals surface area contributed by atoms with Crippen LogP contribution in [0.25, 0.3) is 0 Å². The largest absolute Gasteiger partial charge is 0.465 e. The normalized spacial score (nSPS) is 11.1. The highest BCUT2D eigenvalue weighted by molar-refractivity contribution is 7.87. The molecule has 31 heavy (non-hydrogen) atoms. The summed E-state index contributed by atoms with van der Waals surface area (Å²) in [5, 5.41) is 2.86. The number of thiazole rings is 1. The lowest BCUT2D eigenvalue weighted by atomic mass is 10.2. The van der Waals surface area contributed by atoms with E-state index in [9.17, 15) is 18.0 Å². The Labute approximate surface area is 184 Å². The van der Waals surface area contributed by atoms with Gasteiger partial charge < -0.3 is 8.92 Å². The number of nitrogens with zero attached hydrogens (tertiary/aromatic N) is 1. The van der Waals surface area contributed by atoms with Crippen LogP contribution in [0.5, 0.6) is 5.75 Å². The van der Waals surface area contributed by atoms with Gasteiger partial charge in [-0.25, -0.2) is 9.78 Å². The molecule has 0 spiro atoms. The third-order valence-corrected chi connectivity index (χ3v) is 6.77. The van der Waals surface area contributed by atoms with Crippen molar-refractivity contribution in [3.8, 4) is 5.75 Å². The molecular weight excluding hydrogens is 440 g/mol. The summed E-state index contributed by atoms with van der Waals surface area (Å²) in [7, 11) is -2.75. The average Bonchev–Trinajstić information content (AvgIpc) is 3.09. The van der Waals surface area contributed by atoms with Crippen LogP contribution in [0.4, 0.5) is 5.13 Å². The van der Waals surface area contributed by atoms with Gasteiger partial charge >= 0.3 is 16.1 Å². The van der Waals surface area contributed by atoms with Gasteiger partial charge in [-0.3, -0.25) is 10.1 Å². The van der Waals surface area contributed by atoms with Crippen LogP contribution < -0.4 is 9.50 Å². The molecule has 0 radical (unpaired) electrons. The van der Waals surface area contributed by atoms with Crippen molar-refractivity contribution in [2.75, 3.05) is 12.4 Å². The van der Waals surface area contributed by atoms with Crippen molar-refractivity contribution in [3.05, 3.63) is 69.7 Å². The first kappa shape index (κ1) is 22.4. The van der Waals surface area contributed by atoms with Gasteiger partial charge in [0.2, 0.25) is 0 Å². The highest BCUT2D eigenvalue weighted by atomic mass is 32.2. The van der Waals surface area contributed by atoms with E-state index in [-0.39, 0.29) is 21.3 Å². The van der Waals surface area contributed by atoms with Gasteiger partial charge in [-0.15, -0.1) is 0 Å². The number of nitrogens with one attached hydrogen (secondary N) is 1. The number of hydrogen-bond acceptors (Lipinski definition) is 8. The third kappa shape index (κ3) is 5.09. The van der Waals surface area contributed by atoms with Crippen LogP contribution in [0.15, 0.2) is 47.4 Å². The zero-order chi connectivity index (χ0) is 22.8. The molecule has 1 N–H and O–H groups in total. The summed E-state index contributed by atoms with van der Waals surface area (Å²) in [4.78, 5) is 28.7. The van der Waals surface area contributed by atoms with Crippen LogP contribution in [0.1, 0.15) is 36.9 Å². The smallest absolute Gasteiger partial charge is 0.350 e. The van der Waals surface area contributed by atoms with Gasteiger partial charge in [-0.05, 0) is 62.2 Å². The molecule has 0 unspecified atom stereocenters. The Morgan fingerprint density at radius 1 is 1.03 bits per heavy atom. The quantitative estimate of drug-likeness (QED) is 0.439. The number of esters is 1. The van der Waals surface area contributed by atoms with Gasteiger partial charge in [0.05, 0.1) is 12.8 Å². The number of anilines is 1. The van der Waals surface area contributed by atoms with E-state index >= 15 is 0 Å². The molecule has 0 saturated heterocycles. The van der Waals surface area contributed by atoms with E-state index in [4.69, 9.17) is 4.18 Å². The lowest BCUT2D eigenvalue weighted by Gasteiger charge is -2.10. The molecule has 2 aromatic carbocycles. The fraction of sp³-hybridized carbons (Fsp3) is 0.190. The van der Waals surface area contributed by atoms with Crippen molar-refractivity contribution in [2.24, 2.45) is 0 Å². The topological polar surface area (TPSA) is 112 Å². The number of hydrogen-bond donors (Lipinski definition) is 1. The summed E-state index contributed by atoms with van der Waals surface area (Å²) in [5.74, 6) is -0.910. The van der Waals surface area contributed by atoms with Crippen LogP contribution in [-0.4, -0.2) is 32.4 Å². The second kappa shape index (κ2) is 8.86. The minimum Gasteiger partial charge on any atom is -0.465 e. The summed E-state index contributed by atoms with van der Waals surface area (Å²) in [6.45, 7) is 5.12. The van der Waals surface area contributed by atoms with Gasteiger partial charge in [0.15, 0.2) is 5.13 Å².